The van der Waals surface area contributed by atoms with Crippen LogP contribution >= 0.6 is 0 Å². The van der Waals surface area contributed by atoms with E-state index >= 15 is 0 Å². The summed E-state index contributed by atoms with van der Waals surface area (Å²) in [6.07, 6.45) is 0. The molecule has 0 spiro atoms. The number of non-ortho nitro benzene ring substituents is 1. The fourth-order valence-corrected chi connectivity index (χ4v) is 3.18. The van der Waals surface area contributed by atoms with Crippen molar-refractivity contribution in [1.29, 1.82) is 0 Å². The van der Waals surface area contributed by atoms with Gasteiger partial charge in [0.25, 0.3) is 11.6 Å². The number of carbonyl (C=O) groups is 1. The van der Waals surface area contributed by atoms with Crippen molar-refractivity contribution in [3.63, 3.8) is 0 Å². The lowest BCUT2D eigenvalue weighted by molar-refractivity contribution is -0.384. The molecule has 0 saturated heterocycles. The predicted molar refractivity (Wildman–Crippen MR) is 105 cm³/mol. The summed E-state index contributed by atoms with van der Waals surface area (Å²) in [4.78, 5) is 25.6. The van der Waals surface area contributed by atoms with E-state index in [1.54, 1.807) is 17.0 Å². The summed E-state index contributed by atoms with van der Waals surface area (Å²) in [6, 6.07) is 25.2. The van der Waals surface area contributed by atoms with Crippen molar-refractivity contribution in [2.75, 3.05) is 6.54 Å². The van der Waals surface area contributed by atoms with E-state index in [1.165, 1.54) is 12.1 Å². The minimum atomic E-state index is -0.487. The van der Waals surface area contributed by atoms with Crippen molar-refractivity contribution in [3.05, 3.63) is 112 Å². The van der Waals surface area contributed by atoms with Crippen LogP contribution in [0.5, 0.6) is 0 Å². The van der Waals surface area contributed by atoms with Gasteiger partial charge in [-0.3, -0.25) is 14.9 Å². The maximum absolute atomic E-state index is 13.2. The van der Waals surface area contributed by atoms with E-state index in [-0.39, 0.29) is 17.6 Å². The molecular formula is C22H20N2O3. The van der Waals surface area contributed by atoms with Gasteiger partial charge < -0.3 is 4.90 Å². The predicted octanol–water partition coefficient (Wildman–Crippen LogP) is 4.85. The Balaban J connectivity index is 2.05. The van der Waals surface area contributed by atoms with Crippen LogP contribution in [-0.2, 0) is 0 Å². The van der Waals surface area contributed by atoms with Gasteiger partial charge >= 0.3 is 0 Å². The van der Waals surface area contributed by atoms with E-state index in [4.69, 9.17) is 0 Å². The van der Waals surface area contributed by atoms with Crippen LogP contribution in [0.25, 0.3) is 0 Å². The summed E-state index contributed by atoms with van der Waals surface area (Å²) in [7, 11) is 0. The largest absolute Gasteiger partial charge is 0.328 e. The van der Waals surface area contributed by atoms with Crippen LogP contribution in [0.2, 0.25) is 0 Å². The van der Waals surface area contributed by atoms with E-state index in [9.17, 15) is 14.9 Å². The van der Waals surface area contributed by atoms with Crippen LogP contribution < -0.4 is 0 Å². The summed E-state index contributed by atoms with van der Waals surface area (Å²) in [5.74, 6) is -0.237. The second-order valence-electron chi connectivity index (χ2n) is 6.12. The number of rotatable bonds is 6. The fraction of sp³-hybridized carbons (Fsp3) is 0.136. The molecule has 0 aliphatic carbocycles. The summed E-state index contributed by atoms with van der Waals surface area (Å²) in [5.41, 5.74) is 2.20. The Labute approximate surface area is 158 Å². The minimum absolute atomic E-state index is 0.0899. The molecule has 0 fully saturated rings. The van der Waals surface area contributed by atoms with Crippen LogP contribution in [0.4, 0.5) is 5.69 Å². The summed E-state index contributed by atoms with van der Waals surface area (Å²) >= 11 is 0. The summed E-state index contributed by atoms with van der Waals surface area (Å²) < 4.78 is 0. The van der Waals surface area contributed by atoms with Crippen molar-refractivity contribution < 1.29 is 9.72 Å². The molecule has 0 radical (unpaired) electrons. The molecule has 3 aromatic rings. The number of hydrogen-bond acceptors (Lipinski definition) is 3. The molecule has 0 aliphatic rings. The minimum Gasteiger partial charge on any atom is -0.328 e. The third-order valence-electron chi connectivity index (χ3n) is 4.45. The van der Waals surface area contributed by atoms with Gasteiger partial charge in [-0.1, -0.05) is 66.7 Å². The highest BCUT2D eigenvalue weighted by molar-refractivity contribution is 5.95. The molecule has 5 nitrogen and oxygen atoms in total. The Morgan fingerprint density at radius 1 is 0.926 bits per heavy atom. The smallest absolute Gasteiger partial charge is 0.270 e. The quantitative estimate of drug-likeness (QED) is 0.466. The summed E-state index contributed by atoms with van der Waals surface area (Å²) in [5, 5.41) is 11.1. The molecule has 0 unspecified atom stereocenters. The molecule has 3 rings (SSSR count). The number of benzene rings is 3. The Bertz CT molecular complexity index is 887. The molecule has 0 aromatic heterocycles. The molecule has 3 aromatic carbocycles. The lowest BCUT2D eigenvalue weighted by Crippen LogP contribution is -2.35. The first-order valence-corrected chi connectivity index (χ1v) is 8.77. The molecule has 0 N–H and O–H groups in total. The van der Waals surface area contributed by atoms with E-state index in [0.717, 1.165) is 11.1 Å². The van der Waals surface area contributed by atoms with Gasteiger partial charge in [-0.25, -0.2) is 0 Å². The van der Waals surface area contributed by atoms with Crippen LogP contribution in [0.3, 0.4) is 0 Å². The van der Waals surface area contributed by atoms with Crippen molar-refractivity contribution in [3.8, 4) is 0 Å². The van der Waals surface area contributed by atoms with Crippen LogP contribution in [-0.4, -0.2) is 22.3 Å². The molecule has 27 heavy (non-hydrogen) atoms. The zero-order chi connectivity index (χ0) is 19.2. The number of amides is 1. The van der Waals surface area contributed by atoms with Gasteiger partial charge in [-0.2, -0.15) is 0 Å². The average Bonchev–Trinajstić information content (AvgIpc) is 2.72. The maximum Gasteiger partial charge on any atom is 0.270 e. The van der Waals surface area contributed by atoms with E-state index in [1.807, 2.05) is 67.6 Å². The summed E-state index contributed by atoms with van der Waals surface area (Å²) in [6.45, 7) is 2.38. The Kier molecular flexibility index (Phi) is 5.61. The molecule has 0 atom stereocenters. The number of nitrogens with zero attached hydrogens (tertiary/aromatic N) is 2. The van der Waals surface area contributed by atoms with E-state index in [2.05, 4.69) is 0 Å². The van der Waals surface area contributed by atoms with Gasteiger partial charge in [0.1, 0.15) is 0 Å². The highest BCUT2D eigenvalue weighted by atomic mass is 16.6. The zero-order valence-electron chi connectivity index (χ0n) is 15.0. The molecule has 0 bridgehead atoms. The SMILES string of the molecule is CCN(C(=O)c1cccc([N+](=O)[O-])c1)C(c1ccccc1)c1ccccc1. The Morgan fingerprint density at radius 3 is 1.96 bits per heavy atom. The van der Waals surface area contributed by atoms with E-state index in [0.29, 0.717) is 12.1 Å². The van der Waals surface area contributed by atoms with Crippen LogP contribution in [0.1, 0.15) is 34.5 Å². The first-order chi connectivity index (χ1) is 13.1. The van der Waals surface area contributed by atoms with Gasteiger partial charge in [-0.05, 0) is 24.1 Å². The number of carbonyl (C=O) groups excluding carboxylic acids is 1. The average molecular weight is 360 g/mol. The third kappa shape index (κ3) is 4.03. The Morgan fingerprint density at radius 2 is 1.48 bits per heavy atom. The second kappa shape index (κ2) is 8.27. The molecule has 1 amide bonds. The fourth-order valence-electron chi connectivity index (χ4n) is 3.18. The molecule has 0 heterocycles. The molecule has 0 saturated carbocycles. The molecular weight excluding hydrogens is 340 g/mol. The standard InChI is InChI=1S/C22H20N2O3/c1-2-23(22(25)19-14-9-15-20(16-19)24(26)27)21(17-10-5-3-6-11-17)18-12-7-4-8-13-18/h3-16,21H,2H2,1H3. The molecule has 5 heteroatoms. The third-order valence-corrected chi connectivity index (χ3v) is 4.45. The lowest BCUT2D eigenvalue weighted by Gasteiger charge is -2.32. The van der Waals surface area contributed by atoms with Crippen molar-refractivity contribution in [2.45, 2.75) is 13.0 Å². The van der Waals surface area contributed by atoms with Crippen LogP contribution in [0, 0.1) is 10.1 Å². The molecule has 0 aliphatic heterocycles. The van der Waals surface area contributed by atoms with Crippen molar-refractivity contribution in [2.24, 2.45) is 0 Å². The number of nitro groups is 1. The maximum atomic E-state index is 13.2. The van der Waals surface area contributed by atoms with Gasteiger partial charge in [0.15, 0.2) is 0 Å². The topological polar surface area (TPSA) is 63.5 Å². The van der Waals surface area contributed by atoms with Gasteiger partial charge in [0.2, 0.25) is 0 Å². The first kappa shape index (κ1) is 18.3. The highest BCUT2D eigenvalue weighted by Crippen LogP contribution is 2.30. The first-order valence-electron chi connectivity index (χ1n) is 8.77. The zero-order valence-corrected chi connectivity index (χ0v) is 15.0. The Hall–Kier alpha value is -3.47. The second-order valence-corrected chi connectivity index (χ2v) is 6.12. The number of hydrogen-bond donors (Lipinski definition) is 0. The van der Waals surface area contributed by atoms with Crippen molar-refractivity contribution >= 4 is 11.6 Å². The monoisotopic (exact) mass is 360 g/mol. The van der Waals surface area contributed by atoms with Crippen molar-refractivity contribution in [1.82, 2.24) is 4.90 Å². The van der Waals surface area contributed by atoms with Gasteiger partial charge in [0, 0.05) is 24.2 Å². The van der Waals surface area contributed by atoms with Gasteiger partial charge in [-0.15, -0.1) is 0 Å². The number of nitro benzene ring substituents is 1. The van der Waals surface area contributed by atoms with Gasteiger partial charge in [0.05, 0.1) is 11.0 Å². The normalized spacial score (nSPS) is 10.6. The highest BCUT2D eigenvalue weighted by Gasteiger charge is 2.27. The molecule has 136 valence electrons. The van der Waals surface area contributed by atoms with Crippen LogP contribution in [0.15, 0.2) is 84.9 Å². The van der Waals surface area contributed by atoms with E-state index < -0.39 is 4.92 Å². The lowest BCUT2D eigenvalue weighted by atomic mass is 9.96.